The second-order valence-electron chi connectivity index (χ2n) is 3.71. The number of hydrogen-bond donors (Lipinski definition) is 3. The van der Waals surface area contributed by atoms with Crippen LogP contribution in [0.2, 0.25) is 0 Å². The van der Waals surface area contributed by atoms with Crippen LogP contribution >= 0.6 is 0 Å². The van der Waals surface area contributed by atoms with Gasteiger partial charge in [-0.3, -0.25) is 0 Å². The zero-order chi connectivity index (χ0) is 11.3. The molecule has 86 valence electrons. The van der Waals surface area contributed by atoms with E-state index >= 15 is 0 Å². The molecule has 0 saturated heterocycles. The van der Waals surface area contributed by atoms with Crippen molar-refractivity contribution in [1.82, 2.24) is 20.1 Å². The molecule has 0 amide bonds. The van der Waals surface area contributed by atoms with Crippen LogP contribution in [0.5, 0.6) is 0 Å². The first-order valence-corrected chi connectivity index (χ1v) is 5.25. The summed E-state index contributed by atoms with van der Waals surface area (Å²) in [7, 11) is 2.11. The van der Waals surface area contributed by atoms with Gasteiger partial charge in [-0.1, -0.05) is 6.92 Å². The van der Waals surface area contributed by atoms with Gasteiger partial charge in [-0.15, -0.1) is 5.10 Å². The van der Waals surface area contributed by atoms with E-state index in [9.17, 15) is 0 Å². The molecule has 1 unspecified atom stereocenters. The third kappa shape index (κ3) is 3.75. The van der Waals surface area contributed by atoms with Crippen LogP contribution in [0.4, 0.5) is 11.9 Å². The third-order valence-corrected chi connectivity index (χ3v) is 2.59. The number of hydrogen-bond acceptors (Lipinski definition) is 5. The third-order valence-electron chi connectivity index (χ3n) is 2.59. The molecule has 0 radical (unpaired) electrons. The molecule has 6 heteroatoms. The van der Waals surface area contributed by atoms with Gasteiger partial charge < -0.3 is 16.0 Å². The lowest BCUT2D eigenvalue weighted by atomic mass is 10.2. The van der Waals surface area contributed by atoms with Crippen molar-refractivity contribution >= 4 is 11.9 Å². The molecule has 1 heterocycles. The molecule has 0 saturated carbocycles. The highest BCUT2D eigenvalue weighted by molar-refractivity contribution is 5.29. The molecule has 0 aliphatic carbocycles. The normalized spacial score (nSPS) is 13.1. The number of nitrogen functional groups attached to an aromatic ring is 1. The van der Waals surface area contributed by atoms with Crippen molar-refractivity contribution in [1.29, 1.82) is 0 Å². The standard InChI is InChI=1S/C9H20N6/c1-4-7(2)15(3)6-5-11-9-12-8(10)13-14-9/h7H,4-6H2,1-3H3,(H4,10,11,12,13,14). The van der Waals surface area contributed by atoms with Gasteiger partial charge in [0.25, 0.3) is 0 Å². The monoisotopic (exact) mass is 212 g/mol. The van der Waals surface area contributed by atoms with Gasteiger partial charge in [-0.25, -0.2) is 5.10 Å². The highest BCUT2D eigenvalue weighted by Crippen LogP contribution is 2.01. The summed E-state index contributed by atoms with van der Waals surface area (Å²) in [5.74, 6) is 0.901. The van der Waals surface area contributed by atoms with Crippen LogP contribution in [0.25, 0.3) is 0 Å². The maximum absolute atomic E-state index is 5.40. The average Bonchev–Trinajstić information content (AvgIpc) is 2.63. The fraction of sp³-hybridized carbons (Fsp3) is 0.778. The second-order valence-corrected chi connectivity index (χ2v) is 3.71. The Hall–Kier alpha value is -1.30. The van der Waals surface area contributed by atoms with E-state index in [-0.39, 0.29) is 0 Å². The van der Waals surface area contributed by atoms with Gasteiger partial charge in [0.2, 0.25) is 11.9 Å². The summed E-state index contributed by atoms with van der Waals surface area (Å²) in [5, 5.41) is 9.57. The van der Waals surface area contributed by atoms with Gasteiger partial charge in [0.15, 0.2) is 0 Å². The smallest absolute Gasteiger partial charge is 0.243 e. The van der Waals surface area contributed by atoms with Crippen LogP contribution < -0.4 is 11.1 Å². The predicted octanol–water partition coefficient (Wildman–Crippen LogP) is 0.529. The van der Waals surface area contributed by atoms with Crippen molar-refractivity contribution < 1.29 is 0 Å². The first kappa shape index (κ1) is 11.8. The lowest BCUT2D eigenvalue weighted by Crippen LogP contribution is -2.32. The molecule has 0 bridgehead atoms. The molecule has 4 N–H and O–H groups in total. The number of H-pyrrole nitrogens is 1. The molecule has 1 aromatic rings. The van der Waals surface area contributed by atoms with Crippen LogP contribution in [-0.2, 0) is 0 Å². The Balaban J connectivity index is 2.21. The van der Waals surface area contributed by atoms with E-state index in [1.807, 2.05) is 0 Å². The van der Waals surface area contributed by atoms with Crippen LogP contribution in [-0.4, -0.2) is 46.3 Å². The zero-order valence-electron chi connectivity index (χ0n) is 9.62. The fourth-order valence-corrected chi connectivity index (χ4v) is 1.23. The fourth-order valence-electron chi connectivity index (χ4n) is 1.23. The van der Waals surface area contributed by atoms with Gasteiger partial charge in [0.05, 0.1) is 0 Å². The van der Waals surface area contributed by atoms with Crippen molar-refractivity contribution in [2.24, 2.45) is 0 Å². The first-order valence-electron chi connectivity index (χ1n) is 5.25. The van der Waals surface area contributed by atoms with E-state index in [1.165, 1.54) is 0 Å². The van der Waals surface area contributed by atoms with Gasteiger partial charge in [-0.2, -0.15) is 4.98 Å². The van der Waals surface area contributed by atoms with E-state index in [0.29, 0.717) is 17.9 Å². The average molecular weight is 212 g/mol. The van der Waals surface area contributed by atoms with Gasteiger partial charge in [-0.05, 0) is 20.4 Å². The summed E-state index contributed by atoms with van der Waals surface area (Å²) in [6, 6.07) is 0.601. The number of rotatable bonds is 6. The Morgan fingerprint density at radius 1 is 1.60 bits per heavy atom. The number of anilines is 2. The number of nitrogens with one attached hydrogen (secondary N) is 2. The summed E-state index contributed by atoms with van der Waals surface area (Å²) in [6.07, 6.45) is 1.16. The van der Waals surface area contributed by atoms with E-state index in [0.717, 1.165) is 19.5 Å². The van der Waals surface area contributed by atoms with Crippen molar-refractivity contribution in [3.63, 3.8) is 0 Å². The number of nitrogens with zero attached hydrogens (tertiary/aromatic N) is 3. The molecule has 0 aliphatic heterocycles. The molecule has 1 atom stereocenters. The summed E-state index contributed by atoms with van der Waals surface area (Å²) < 4.78 is 0. The zero-order valence-corrected chi connectivity index (χ0v) is 9.62. The Labute approximate surface area is 90.3 Å². The van der Waals surface area contributed by atoms with Crippen LogP contribution in [0.15, 0.2) is 0 Å². The lowest BCUT2D eigenvalue weighted by molar-refractivity contribution is 0.261. The SMILES string of the molecule is CCC(C)N(C)CCNc1n[nH]c(N)n1. The molecule has 6 nitrogen and oxygen atoms in total. The molecule has 0 aliphatic rings. The molecule has 0 fully saturated rings. The minimum absolute atomic E-state index is 0.341. The Bertz CT molecular complexity index is 284. The van der Waals surface area contributed by atoms with Crippen LogP contribution in [0, 0.1) is 0 Å². The maximum Gasteiger partial charge on any atom is 0.243 e. The summed E-state index contributed by atoms with van der Waals surface area (Å²) in [5.41, 5.74) is 5.40. The Morgan fingerprint density at radius 3 is 2.87 bits per heavy atom. The molecular formula is C9H20N6. The minimum Gasteiger partial charge on any atom is -0.368 e. The Morgan fingerprint density at radius 2 is 2.33 bits per heavy atom. The number of aromatic amines is 1. The molecule has 1 rings (SSSR count). The van der Waals surface area contributed by atoms with E-state index < -0.39 is 0 Å². The lowest BCUT2D eigenvalue weighted by Gasteiger charge is -2.23. The van der Waals surface area contributed by atoms with Crippen molar-refractivity contribution in [2.45, 2.75) is 26.3 Å². The predicted molar refractivity (Wildman–Crippen MR) is 61.7 cm³/mol. The molecule has 0 aromatic carbocycles. The topological polar surface area (TPSA) is 82.9 Å². The van der Waals surface area contributed by atoms with E-state index in [1.54, 1.807) is 0 Å². The van der Waals surface area contributed by atoms with E-state index in [2.05, 4.69) is 46.3 Å². The van der Waals surface area contributed by atoms with Gasteiger partial charge in [0, 0.05) is 19.1 Å². The maximum atomic E-state index is 5.40. The van der Waals surface area contributed by atoms with Crippen molar-refractivity contribution in [2.75, 3.05) is 31.2 Å². The minimum atomic E-state index is 0.341. The quantitative estimate of drug-likeness (QED) is 0.640. The van der Waals surface area contributed by atoms with Gasteiger partial charge in [0.1, 0.15) is 0 Å². The molecular weight excluding hydrogens is 192 g/mol. The first-order chi connectivity index (χ1) is 7.13. The van der Waals surface area contributed by atoms with Crippen LogP contribution in [0.1, 0.15) is 20.3 Å². The number of aromatic nitrogens is 3. The van der Waals surface area contributed by atoms with Gasteiger partial charge >= 0.3 is 0 Å². The van der Waals surface area contributed by atoms with Crippen molar-refractivity contribution in [3.05, 3.63) is 0 Å². The van der Waals surface area contributed by atoms with Crippen LogP contribution in [0.3, 0.4) is 0 Å². The molecule has 1 aromatic heterocycles. The largest absolute Gasteiger partial charge is 0.368 e. The number of nitrogens with two attached hydrogens (primary N) is 1. The summed E-state index contributed by atoms with van der Waals surface area (Å²) in [6.45, 7) is 6.18. The molecule has 15 heavy (non-hydrogen) atoms. The second kappa shape index (κ2) is 5.55. The highest BCUT2D eigenvalue weighted by Gasteiger charge is 2.06. The number of likely N-dealkylation sites (N-methyl/N-ethyl adjacent to an activating group) is 1. The Kier molecular flexibility index (Phi) is 4.36. The summed E-state index contributed by atoms with van der Waals surface area (Å²) in [4.78, 5) is 6.25. The molecule has 0 spiro atoms. The van der Waals surface area contributed by atoms with E-state index in [4.69, 9.17) is 5.73 Å². The highest BCUT2D eigenvalue weighted by atomic mass is 15.3. The van der Waals surface area contributed by atoms with Crippen molar-refractivity contribution in [3.8, 4) is 0 Å². The summed E-state index contributed by atoms with van der Waals surface area (Å²) >= 11 is 0.